The second-order valence-electron chi connectivity index (χ2n) is 5.00. The summed E-state index contributed by atoms with van der Waals surface area (Å²) in [6, 6.07) is 2.90. The minimum absolute atomic E-state index is 0.00558. The van der Waals surface area contributed by atoms with Crippen LogP contribution in [0.5, 0.6) is 5.88 Å². The van der Waals surface area contributed by atoms with Gasteiger partial charge in [0.1, 0.15) is 0 Å². The monoisotopic (exact) mass is 313 g/mol. The molecule has 1 aromatic rings. The van der Waals surface area contributed by atoms with Gasteiger partial charge in [-0.15, -0.1) is 0 Å². The fourth-order valence-electron chi connectivity index (χ4n) is 2.14. The lowest BCUT2D eigenvalue weighted by Crippen LogP contribution is -2.42. The number of anilines is 1. The molecule has 2 amide bonds. The highest BCUT2D eigenvalue weighted by molar-refractivity contribution is 7.91. The summed E-state index contributed by atoms with van der Waals surface area (Å²) in [5, 5.41) is 2.72. The fourth-order valence-corrected chi connectivity index (χ4v) is 3.52. The predicted molar refractivity (Wildman–Crippen MR) is 79.2 cm³/mol. The zero-order valence-electron chi connectivity index (χ0n) is 12.1. The Morgan fingerprint density at radius 3 is 2.81 bits per heavy atom. The van der Waals surface area contributed by atoms with Crippen LogP contribution in [0, 0.1) is 0 Å². The topological polar surface area (TPSA) is 88.6 Å². The molecule has 0 aliphatic carbocycles. The quantitative estimate of drug-likeness (QED) is 0.884. The summed E-state index contributed by atoms with van der Waals surface area (Å²) in [6.07, 6.45) is 1.95. The van der Waals surface area contributed by atoms with Crippen molar-refractivity contribution < 1.29 is 17.9 Å². The summed E-state index contributed by atoms with van der Waals surface area (Å²) < 4.78 is 28.2. The highest BCUT2D eigenvalue weighted by Gasteiger charge is 2.27. The lowest BCUT2D eigenvalue weighted by molar-refractivity contribution is 0.197. The van der Waals surface area contributed by atoms with E-state index in [4.69, 9.17) is 4.74 Å². The molecule has 2 rings (SSSR count). The molecule has 1 aromatic heterocycles. The number of pyridine rings is 1. The van der Waals surface area contributed by atoms with E-state index in [2.05, 4.69) is 10.3 Å². The van der Waals surface area contributed by atoms with Crippen molar-refractivity contribution in [2.24, 2.45) is 0 Å². The van der Waals surface area contributed by atoms with E-state index in [1.54, 1.807) is 17.0 Å². The van der Waals surface area contributed by atoms with E-state index in [1.807, 2.05) is 6.92 Å². The molecule has 0 bridgehead atoms. The number of rotatable bonds is 2. The highest BCUT2D eigenvalue weighted by atomic mass is 32.2. The molecule has 21 heavy (non-hydrogen) atoms. The van der Waals surface area contributed by atoms with Crippen molar-refractivity contribution in [2.75, 3.05) is 30.5 Å². The van der Waals surface area contributed by atoms with E-state index >= 15 is 0 Å². The molecule has 2 heterocycles. The number of hydrogen-bond donors (Lipinski definition) is 1. The van der Waals surface area contributed by atoms with Crippen molar-refractivity contribution in [3.05, 3.63) is 18.3 Å². The summed E-state index contributed by atoms with van der Waals surface area (Å²) in [5.41, 5.74) is 0.542. The third kappa shape index (κ3) is 4.07. The SMILES string of the molecule is COc1ccc(NC(=O)N2CCS(=O)(=O)CCC2C)cn1. The van der Waals surface area contributed by atoms with Crippen molar-refractivity contribution in [3.63, 3.8) is 0 Å². The smallest absolute Gasteiger partial charge is 0.322 e. The largest absolute Gasteiger partial charge is 0.481 e. The number of aromatic nitrogens is 1. The second-order valence-corrected chi connectivity index (χ2v) is 7.31. The van der Waals surface area contributed by atoms with E-state index < -0.39 is 9.84 Å². The minimum Gasteiger partial charge on any atom is -0.481 e. The molecule has 1 unspecified atom stereocenters. The van der Waals surface area contributed by atoms with Crippen LogP contribution < -0.4 is 10.1 Å². The third-order valence-corrected chi connectivity index (χ3v) is 5.14. The Bertz CT molecular complexity index is 600. The molecule has 1 aliphatic rings. The van der Waals surface area contributed by atoms with Gasteiger partial charge in [-0.25, -0.2) is 18.2 Å². The summed E-state index contributed by atoms with van der Waals surface area (Å²) >= 11 is 0. The maximum absolute atomic E-state index is 12.3. The van der Waals surface area contributed by atoms with Gasteiger partial charge < -0.3 is 15.0 Å². The number of nitrogens with zero attached hydrogens (tertiary/aromatic N) is 2. The Labute approximate surface area is 124 Å². The van der Waals surface area contributed by atoms with E-state index in [1.165, 1.54) is 13.3 Å². The van der Waals surface area contributed by atoms with Crippen molar-refractivity contribution in [1.82, 2.24) is 9.88 Å². The molecule has 116 valence electrons. The number of amides is 2. The average molecular weight is 313 g/mol. The molecular weight excluding hydrogens is 294 g/mol. The van der Waals surface area contributed by atoms with Gasteiger partial charge in [0.25, 0.3) is 0 Å². The highest BCUT2D eigenvalue weighted by Crippen LogP contribution is 2.16. The fraction of sp³-hybridized carbons (Fsp3) is 0.538. The average Bonchev–Trinajstić information content (AvgIpc) is 2.59. The predicted octanol–water partition coefficient (Wildman–Crippen LogP) is 1.13. The van der Waals surface area contributed by atoms with E-state index in [0.29, 0.717) is 18.0 Å². The number of methoxy groups -OCH3 is 1. The van der Waals surface area contributed by atoms with Gasteiger partial charge in [-0.2, -0.15) is 0 Å². The maximum atomic E-state index is 12.3. The first-order valence-corrected chi connectivity index (χ1v) is 8.51. The zero-order chi connectivity index (χ0) is 15.5. The van der Waals surface area contributed by atoms with Crippen molar-refractivity contribution >= 4 is 21.6 Å². The zero-order valence-corrected chi connectivity index (χ0v) is 12.9. The Balaban J connectivity index is 2.04. The van der Waals surface area contributed by atoms with E-state index in [-0.39, 0.29) is 30.1 Å². The molecular formula is C13H19N3O4S. The van der Waals surface area contributed by atoms with E-state index in [9.17, 15) is 13.2 Å². The van der Waals surface area contributed by atoms with Crippen LogP contribution in [0.15, 0.2) is 18.3 Å². The molecule has 8 heteroatoms. The van der Waals surface area contributed by atoms with Crippen molar-refractivity contribution in [2.45, 2.75) is 19.4 Å². The molecule has 1 N–H and O–H groups in total. The lowest BCUT2D eigenvalue weighted by atomic mass is 10.2. The first kappa shape index (κ1) is 15.6. The molecule has 7 nitrogen and oxygen atoms in total. The van der Waals surface area contributed by atoms with Crippen LogP contribution in [-0.2, 0) is 9.84 Å². The molecule has 1 fully saturated rings. The van der Waals surface area contributed by atoms with Crippen molar-refractivity contribution in [3.8, 4) is 5.88 Å². The van der Waals surface area contributed by atoms with Crippen LogP contribution >= 0.6 is 0 Å². The van der Waals surface area contributed by atoms with Crippen LogP contribution in [0.1, 0.15) is 13.3 Å². The van der Waals surface area contributed by atoms with Gasteiger partial charge >= 0.3 is 6.03 Å². The molecule has 0 spiro atoms. The number of carbonyl (C=O) groups excluding carboxylic acids is 1. The Hall–Kier alpha value is -1.83. The molecule has 1 aliphatic heterocycles. The molecule has 0 radical (unpaired) electrons. The number of nitrogens with one attached hydrogen (secondary N) is 1. The number of hydrogen-bond acceptors (Lipinski definition) is 5. The van der Waals surface area contributed by atoms with Gasteiger partial charge in [0.15, 0.2) is 9.84 Å². The molecule has 1 saturated heterocycles. The van der Waals surface area contributed by atoms with Gasteiger partial charge in [-0.1, -0.05) is 0 Å². The summed E-state index contributed by atoms with van der Waals surface area (Å²) in [4.78, 5) is 17.8. The summed E-state index contributed by atoms with van der Waals surface area (Å²) in [6.45, 7) is 2.06. The Kier molecular flexibility index (Phi) is 4.66. The van der Waals surface area contributed by atoms with Gasteiger partial charge in [-0.05, 0) is 19.4 Å². The van der Waals surface area contributed by atoms with Gasteiger partial charge in [0, 0.05) is 18.7 Å². The van der Waals surface area contributed by atoms with Gasteiger partial charge in [0.05, 0.1) is 30.5 Å². The standard InChI is InChI=1S/C13H19N3O4S/c1-10-5-7-21(18,19)8-6-16(10)13(17)15-11-3-4-12(20-2)14-9-11/h3-4,9-10H,5-8H2,1-2H3,(H,15,17). The lowest BCUT2D eigenvalue weighted by Gasteiger charge is -2.26. The van der Waals surface area contributed by atoms with Crippen LogP contribution in [0.25, 0.3) is 0 Å². The summed E-state index contributed by atoms with van der Waals surface area (Å²) in [7, 11) is -1.54. The first-order valence-electron chi connectivity index (χ1n) is 6.69. The summed E-state index contributed by atoms with van der Waals surface area (Å²) in [5.74, 6) is 0.593. The number of ether oxygens (including phenoxy) is 1. The molecule has 1 atom stereocenters. The first-order chi connectivity index (χ1) is 9.91. The van der Waals surface area contributed by atoms with Crippen molar-refractivity contribution in [1.29, 1.82) is 0 Å². The normalized spacial score (nSPS) is 21.4. The van der Waals surface area contributed by atoms with Gasteiger partial charge in [-0.3, -0.25) is 0 Å². The number of sulfone groups is 1. The minimum atomic E-state index is -3.05. The number of urea groups is 1. The molecule has 0 saturated carbocycles. The Morgan fingerprint density at radius 2 is 2.19 bits per heavy atom. The Morgan fingerprint density at radius 1 is 1.43 bits per heavy atom. The van der Waals surface area contributed by atoms with Crippen LogP contribution in [-0.4, -0.2) is 55.5 Å². The maximum Gasteiger partial charge on any atom is 0.322 e. The van der Waals surface area contributed by atoms with Crippen LogP contribution in [0.4, 0.5) is 10.5 Å². The molecule has 0 aromatic carbocycles. The van der Waals surface area contributed by atoms with Gasteiger partial charge in [0.2, 0.25) is 5.88 Å². The number of carbonyl (C=O) groups is 1. The second kappa shape index (κ2) is 6.30. The van der Waals surface area contributed by atoms with Crippen LogP contribution in [0.2, 0.25) is 0 Å². The third-order valence-electron chi connectivity index (χ3n) is 3.48. The van der Waals surface area contributed by atoms with E-state index in [0.717, 1.165) is 0 Å². The van der Waals surface area contributed by atoms with Crippen LogP contribution in [0.3, 0.4) is 0 Å².